The predicted octanol–water partition coefficient (Wildman–Crippen LogP) is -5.46. The van der Waals surface area contributed by atoms with E-state index in [4.69, 9.17) is 9.47 Å². The summed E-state index contributed by atoms with van der Waals surface area (Å²) in [7, 11) is -4.73. The fourth-order valence-corrected chi connectivity index (χ4v) is 2.27. The summed E-state index contributed by atoms with van der Waals surface area (Å²) in [6.45, 7) is -0.779. The van der Waals surface area contributed by atoms with Gasteiger partial charge in [-0.2, -0.15) is 0 Å². The zero-order chi connectivity index (χ0) is 19.7. The molecular weight excluding hydrogens is 424 g/mol. The Morgan fingerprint density at radius 1 is 0.862 bits per heavy atom. The average molecular weight is 441 g/mol. The summed E-state index contributed by atoms with van der Waals surface area (Å²) < 4.78 is 45.2. The van der Waals surface area contributed by atoms with Crippen LogP contribution in [0.4, 0.5) is 5.69 Å². The number of anilines is 1. The van der Waals surface area contributed by atoms with Crippen LogP contribution in [0.3, 0.4) is 0 Å². The molecule has 146 valence electrons. The van der Waals surface area contributed by atoms with Crippen molar-refractivity contribution < 1.29 is 95.6 Å². The van der Waals surface area contributed by atoms with Crippen LogP contribution in [0.25, 0.3) is 0 Å². The minimum absolute atomic E-state index is 0. The van der Waals surface area contributed by atoms with Gasteiger partial charge in [-0.05, 0) is 48.5 Å². The minimum Gasteiger partial charge on any atom is -0.852 e. The predicted molar refractivity (Wildman–Crippen MR) is 92.3 cm³/mol. The van der Waals surface area contributed by atoms with Crippen LogP contribution in [-0.2, 0) is 14.6 Å². The second-order valence-corrected chi connectivity index (χ2v) is 6.19. The summed E-state index contributed by atoms with van der Waals surface area (Å²) >= 11 is 0. The van der Waals surface area contributed by atoms with E-state index >= 15 is 0 Å². The maximum Gasteiger partial charge on any atom is 1.00 e. The van der Waals surface area contributed by atoms with Crippen molar-refractivity contribution in [1.29, 1.82) is 0 Å². The fourth-order valence-electron chi connectivity index (χ4n) is 2.00. The van der Waals surface area contributed by atoms with Gasteiger partial charge in [0.15, 0.2) is 0 Å². The zero-order valence-electron chi connectivity index (χ0n) is 16.1. The van der Waals surface area contributed by atoms with Crippen molar-refractivity contribution in [3.63, 3.8) is 0 Å². The molecule has 0 radical (unpaired) electrons. The first kappa shape index (κ1) is 28.3. The van der Waals surface area contributed by atoms with E-state index in [0.29, 0.717) is 22.7 Å². The van der Waals surface area contributed by atoms with Crippen molar-refractivity contribution in [2.75, 3.05) is 31.7 Å². The van der Waals surface area contributed by atoms with E-state index in [9.17, 15) is 22.9 Å². The zero-order valence-corrected chi connectivity index (χ0v) is 20.9. The van der Waals surface area contributed by atoms with Crippen molar-refractivity contribution in [2.45, 2.75) is 0 Å². The molecule has 29 heavy (non-hydrogen) atoms. The summed E-state index contributed by atoms with van der Waals surface area (Å²) in [5.41, 5.74) is 0.943. The van der Waals surface area contributed by atoms with Gasteiger partial charge >= 0.3 is 59.1 Å². The first-order valence-corrected chi connectivity index (χ1v) is 9.16. The van der Waals surface area contributed by atoms with Gasteiger partial charge in [0.1, 0.15) is 18.1 Å². The molecule has 0 unspecified atom stereocenters. The Bertz CT molecular complexity index is 845. The van der Waals surface area contributed by atoms with Crippen molar-refractivity contribution in [3.05, 3.63) is 54.1 Å². The van der Waals surface area contributed by atoms with Crippen LogP contribution < -0.4 is 79.0 Å². The van der Waals surface area contributed by atoms with Crippen LogP contribution in [0.2, 0.25) is 0 Å². The number of amides is 1. The monoisotopic (exact) mass is 441 g/mol. The molecule has 0 atom stereocenters. The minimum atomic E-state index is -4.73. The number of carbonyl (C=O) groups excluding carboxylic acids is 1. The molecule has 12 heteroatoms. The number of carbonyl (C=O) groups is 1. The van der Waals surface area contributed by atoms with E-state index in [0.717, 1.165) is 0 Å². The standard InChI is InChI=1S/C17H18NO8S.2Na/c19-9-10-24-15-5-1-13(2-6-15)17(20)18-14-3-7-16(8-4-14)25-11-12-26-27(21,22)23;;/h1-8H,9-12H2,(H,18,20)(H,21,22,23);;/q-1;2*+1/p-1. The van der Waals surface area contributed by atoms with Crippen LogP contribution in [0.15, 0.2) is 48.5 Å². The summed E-state index contributed by atoms with van der Waals surface area (Å²) in [5, 5.41) is 13.1. The average Bonchev–Trinajstić information content (AvgIpc) is 2.64. The van der Waals surface area contributed by atoms with Gasteiger partial charge < -0.3 is 24.4 Å². The number of hydrogen-bond acceptors (Lipinski definition) is 8. The van der Waals surface area contributed by atoms with Crippen molar-refractivity contribution in [1.82, 2.24) is 0 Å². The summed E-state index contributed by atoms with van der Waals surface area (Å²) in [6.07, 6.45) is 0. The molecule has 0 bridgehead atoms. The molecule has 9 nitrogen and oxygen atoms in total. The maximum absolute atomic E-state index is 12.2. The van der Waals surface area contributed by atoms with Gasteiger partial charge in [0.2, 0.25) is 10.4 Å². The second kappa shape index (κ2) is 14.4. The first-order chi connectivity index (χ1) is 12.9. The maximum atomic E-state index is 12.2. The molecule has 0 aliphatic rings. The number of nitrogens with one attached hydrogen (secondary N) is 1. The summed E-state index contributed by atoms with van der Waals surface area (Å²) in [6, 6.07) is 12.7. The third-order valence-corrected chi connectivity index (χ3v) is 3.62. The molecule has 0 heterocycles. The molecule has 0 aliphatic carbocycles. The molecular formula is C17H17NNa2O8S. The third kappa shape index (κ3) is 11.3. The molecule has 1 amide bonds. The van der Waals surface area contributed by atoms with Gasteiger partial charge in [-0.15, -0.1) is 6.61 Å². The van der Waals surface area contributed by atoms with Crippen LogP contribution in [0.5, 0.6) is 11.5 Å². The van der Waals surface area contributed by atoms with Gasteiger partial charge in [0.05, 0.1) is 13.2 Å². The Hall–Kier alpha value is -0.660. The Labute approximate surface area is 213 Å². The van der Waals surface area contributed by atoms with Gasteiger partial charge in [-0.3, -0.25) is 8.98 Å². The Morgan fingerprint density at radius 2 is 1.38 bits per heavy atom. The molecule has 0 fully saturated rings. The van der Waals surface area contributed by atoms with Crippen LogP contribution in [0.1, 0.15) is 10.4 Å². The third-order valence-electron chi connectivity index (χ3n) is 3.16. The van der Waals surface area contributed by atoms with Gasteiger partial charge in [0.25, 0.3) is 5.91 Å². The van der Waals surface area contributed by atoms with E-state index in [2.05, 4.69) is 9.50 Å². The summed E-state index contributed by atoms with van der Waals surface area (Å²) in [4.78, 5) is 12.2. The molecule has 0 aliphatic heterocycles. The molecule has 1 N–H and O–H groups in total. The largest absolute Gasteiger partial charge is 1.00 e. The number of rotatable bonds is 10. The number of ether oxygens (including phenoxy) is 2. The molecule has 0 aromatic heterocycles. The SMILES string of the molecule is O=C(Nc1ccc(OCCOS(=O)(=O)[O-])cc1)c1ccc(OCC[O-])cc1.[Na+].[Na+]. The summed E-state index contributed by atoms with van der Waals surface area (Å²) in [5.74, 6) is 0.602. The van der Waals surface area contributed by atoms with Crippen molar-refractivity contribution in [2.24, 2.45) is 0 Å². The van der Waals surface area contributed by atoms with Gasteiger partial charge in [-0.25, -0.2) is 8.42 Å². The Balaban J connectivity index is 0.00000392. The van der Waals surface area contributed by atoms with Gasteiger partial charge in [-0.1, -0.05) is 0 Å². The first-order valence-electron chi connectivity index (χ1n) is 7.83. The topological polar surface area (TPSA) is 137 Å². The molecule has 2 aromatic rings. The van der Waals surface area contributed by atoms with E-state index in [1.54, 1.807) is 48.5 Å². The molecule has 2 rings (SSSR count). The second-order valence-electron chi connectivity index (χ2n) is 5.13. The van der Waals surface area contributed by atoms with E-state index < -0.39 is 17.0 Å². The Morgan fingerprint density at radius 3 is 1.90 bits per heavy atom. The Kier molecular flexibility index (Phi) is 14.0. The number of hydrogen-bond donors (Lipinski definition) is 1. The van der Waals surface area contributed by atoms with E-state index in [1.807, 2.05) is 0 Å². The quantitative estimate of drug-likeness (QED) is 0.167. The van der Waals surface area contributed by atoms with Crippen LogP contribution in [-0.4, -0.2) is 45.3 Å². The smallest absolute Gasteiger partial charge is 0.852 e. The molecule has 2 aromatic carbocycles. The van der Waals surface area contributed by atoms with Crippen LogP contribution >= 0.6 is 0 Å². The van der Waals surface area contributed by atoms with Gasteiger partial charge in [0, 0.05) is 11.3 Å². The van der Waals surface area contributed by atoms with Crippen molar-refractivity contribution in [3.8, 4) is 11.5 Å². The fraction of sp³-hybridized carbons (Fsp3) is 0.235. The van der Waals surface area contributed by atoms with Crippen LogP contribution in [0, 0.1) is 0 Å². The molecule has 0 saturated carbocycles. The van der Waals surface area contributed by atoms with E-state index in [-0.39, 0.29) is 84.8 Å². The van der Waals surface area contributed by atoms with Crippen molar-refractivity contribution >= 4 is 22.0 Å². The molecule has 0 spiro atoms. The normalized spacial score (nSPS) is 10.3. The number of benzene rings is 2. The van der Waals surface area contributed by atoms with E-state index in [1.165, 1.54) is 0 Å². The molecule has 0 saturated heterocycles.